The van der Waals surface area contributed by atoms with E-state index in [1.165, 1.54) is 25.3 Å². The average Bonchev–Trinajstić information content (AvgIpc) is 2.55. The Hall–Kier alpha value is -1.90. The van der Waals surface area contributed by atoms with Crippen LogP contribution in [-0.4, -0.2) is 29.9 Å². The highest BCUT2D eigenvalue weighted by atomic mass is 35.5. The maximum absolute atomic E-state index is 13.3. The molecule has 1 unspecified atom stereocenters. The monoisotopic (exact) mass is 364 g/mol. The molecule has 4 nitrogen and oxygen atoms in total. The number of benzene rings is 1. The Labute approximate surface area is 139 Å². The molecule has 1 atom stereocenters. The summed E-state index contributed by atoms with van der Waals surface area (Å²) >= 11 is 5.70. The Bertz CT molecular complexity index is 755. The third kappa shape index (κ3) is 3.17. The van der Waals surface area contributed by atoms with Crippen LogP contribution < -0.4 is 10.5 Å². The molecule has 9 heteroatoms. The van der Waals surface area contributed by atoms with Gasteiger partial charge in [-0.1, -0.05) is 11.6 Å². The van der Waals surface area contributed by atoms with Crippen LogP contribution in [0.15, 0.2) is 30.3 Å². The van der Waals surface area contributed by atoms with Crippen LogP contribution in [0.3, 0.4) is 0 Å². The molecule has 0 amide bonds. The van der Waals surface area contributed by atoms with Gasteiger partial charge in [-0.3, -0.25) is 0 Å². The zero-order chi connectivity index (χ0) is 18.1. The first-order chi connectivity index (χ1) is 11.1. The molecule has 0 bridgehead atoms. The number of aromatic nitrogens is 1. The molecule has 0 aliphatic heterocycles. The zero-order valence-corrected chi connectivity index (χ0v) is 13.1. The number of aliphatic hydroxyl groups is 1. The maximum Gasteiger partial charge on any atom is 0.424 e. The van der Waals surface area contributed by atoms with Crippen molar-refractivity contribution >= 4 is 11.6 Å². The van der Waals surface area contributed by atoms with Crippen LogP contribution in [0.25, 0.3) is 11.3 Å². The van der Waals surface area contributed by atoms with E-state index in [-0.39, 0.29) is 22.0 Å². The molecule has 0 aliphatic rings. The highest BCUT2D eigenvalue weighted by Crippen LogP contribution is 2.40. The molecule has 24 heavy (non-hydrogen) atoms. The van der Waals surface area contributed by atoms with Gasteiger partial charge >= 0.3 is 6.18 Å². The normalized spacial score (nSPS) is 14.3. The van der Waals surface area contributed by atoms with Crippen LogP contribution in [0, 0.1) is 5.82 Å². The SMILES string of the molecule is COc1ccc(C(O)(CN)C(F)(F)F)nc1-c1ccc(F)c(Cl)c1. The number of nitrogens with zero attached hydrogens (tertiary/aromatic N) is 1. The van der Waals surface area contributed by atoms with E-state index in [1.54, 1.807) is 0 Å². The van der Waals surface area contributed by atoms with E-state index in [2.05, 4.69) is 4.98 Å². The number of nitrogens with two attached hydrogens (primary N) is 1. The molecule has 0 radical (unpaired) electrons. The van der Waals surface area contributed by atoms with Crippen molar-refractivity contribution in [1.29, 1.82) is 0 Å². The van der Waals surface area contributed by atoms with Crippen molar-refractivity contribution in [2.45, 2.75) is 11.8 Å². The van der Waals surface area contributed by atoms with E-state index in [0.717, 1.165) is 12.1 Å². The fourth-order valence-corrected chi connectivity index (χ4v) is 2.24. The Morgan fingerprint density at radius 1 is 1.25 bits per heavy atom. The molecule has 130 valence electrons. The van der Waals surface area contributed by atoms with Gasteiger partial charge < -0.3 is 15.6 Å². The second kappa shape index (κ2) is 6.54. The molecule has 0 aliphatic carbocycles. The van der Waals surface area contributed by atoms with E-state index < -0.39 is 29.8 Å². The predicted octanol–water partition coefficient (Wildman–Crippen LogP) is 3.26. The van der Waals surface area contributed by atoms with E-state index in [9.17, 15) is 22.7 Å². The highest BCUT2D eigenvalue weighted by Gasteiger charge is 2.55. The lowest BCUT2D eigenvalue weighted by atomic mass is 9.97. The van der Waals surface area contributed by atoms with Crippen LogP contribution in [0.5, 0.6) is 5.75 Å². The third-order valence-electron chi connectivity index (χ3n) is 3.46. The van der Waals surface area contributed by atoms with Gasteiger partial charge in [-0.25, -0.2) is 9.37 Å². The third-order valence-corrected chi connectivity index (χ3v) is 3.75. The number of hydrogen-bond donors (Lipinski definition) is 2. The number of methoxy groups -OCH3 is 1. The fraction of sp³-hybridized carbons (Fsp3) is 0.267. The lowest BCUT2D eigenvalue weighted by molar-refractivity contribution is -0.263. The Morgan fingerprint density at radius 3 is 2.42 bits per heavy atom. The van der Waals surface area contributed by atoms with Crippen LogP contribution in [-0.2, 0) is 5.60 Å². The fourth-order valence-electron chi connectivity index (χ4n) is 2.06. The summed E-state index contributed by atoms with van der Waals surface area (Å²) in [7, 11) is 1.30. The number of ether oxygens (including phenoxy) is 1. The Kier molecular flexibility index (Phi) is 5.03. The van der Waals surface area contributed by atoms with Gasteiger partial charge in [0.2, 0.25) is 5.60 Å². The molecule has 1 heterocycles. The number of alkyl halides is 3. The second-order valence-corrected chi connectivity index (χ2v) is 5.35. The minimum Gasteiger partial charge on any atom is -0.494 e. The summed E-state index contributed by atoms with van der Waals surface area (Å²) in [5.41, 5.74) is 1.28. The number of hydrogen-bond acceptors (Lipinski definition) is 4. The maximum atomic E-state index is 13.3. The largest absolute Gasteiger partial charge is 0.494 e. The molecular weight excluding hydrogens is 352 g/mol. The topological polar surface area (TPSA) is 68.4 Å². The van der Waals surface area contributed by atoms with Crippen molar-refractivity contribution in [3.63, 3.8) is 0 Å². The predicted molar refractivity (Wildman–Crippen MR) is 80.2 cm³/mol. The zero-order valence-electron chi connectivity index (χ0n) is 12.4. The summed E-state index contributed by atoms with van der Waals surface area (Å²) in [6, 6.07) is 5.70. The van der Waals surface area contributed by atoms with Gasteiger partial charge in [0.1, 0.15) is 17.3 Å². The van der Waals surface area contributed by atoms with E-state index in [4.69, 9.17) is 22.1 Å². The van der Waals surface area contributed by atoms with Gasteiger partial charge in [0.15, 0.2) is 0 Å². The van der Waals surface area contributed by atoms with Gasteiger partial charge in [-0.15, -0.1) is 0 Å². The molecule has 2 aromatic rings. The highest BCUT2D eigenvalue weighted by molar-refractivity contribution is 6.31. The summed E-state index contributed by atoms with van der Waals surface area (Å²) in [6.07, 6.45) is -5.03. The molecule has 0 fully saturated rings. The van der Waals surface area contributed by atoms with Gasteiger partial charge in [0, 0.05) is 12.1 Å². The number of pyridine rings is 1. The molecular formula is C15H13ClF4N2O2. The average molecular weight is 365 g/mol. The first kappa shape index (κ1) is 18.4. The van der Waals surface area contributed by atoms with Crippen molar-refractivity contribution < 1.29 is 27.4 Å². The molecule has 2 rings (SSSR count). The second-order valence-electron chi connectivity index (χ2n) is 4.94. The summed E-state index contributed by atoms with van der Waals surface area (Å²) in [4.78, 5) is 3.84. The van der Waals surface area contributed by atoms with Crippen molar-refractivity contribution in [2.75, 3.05) is 13.7 Å². The first-order valence-electron chi connectivity index (χ1n) is 6.64. The summed E-state index contributed by atoms with van der Waals surface area (Å²) < 4.78 is 57.8. The summed E-state index contributed by atoms with van der Waals surface area (Å²) in [5, 5.41) is 9.69. The van der Waals surface area contributed by atoms with E-state index >= 15 is 0 Å². The minimum atomic E-state index is -5.03. The lowest BCUT2D eigenvalue weighted by Gasteiger charge is -2.29. The van der Waals surface area contributed by atoms with Crippen LogP contribution in [0.4, 0.5) is 17.6 Å². The van der Waals surface area contributed by atoms with Crippen molar-refractivity contribution in [3.8, 4) is 17.0 Å². The molecule has 0 saturated heterocycles. The lowest BCUT2D eigenvalue weighted by Crippen LogP contribution is -2.48. The first-order valence-corrected chi connectivity index (χ1v) is 7.02. The van der Waals surface area contributed by atoms with Crippen LogP contribution in [0.1, 0.15) is 5.69 Å². The quantitative estimate of drug-likeness (QED) is 0.817. The molecule has 0 spiro atoms. The number of halogens is 5. The molecule has 1 aromatic carbocycles. The van der Waals surface area contributed by atoms with E-state index in [0.29, 0.717) is 0 Å². The van der Waals surface area contributed by atoms with Crippen LogP contribution in [0.2, 0.25) is 5.02 Å². The standard InChI is InChI=1S/C15H13ClF4N2O2/c1-24-11-4-5-12(14(23,7-21)15(18,19)20)22-13(11)8-2-3-10(17)9(16)6-8/h2-6,23H,7,21H2,1H3. The molecule has 0 saturated carbocycles. The Morgan fingerprint density at radius 2 is 1.92 bits per heavy atom. The van der Waals surface area contributed by atoms with E-state index in [1.807, 2.05) is 0 Å². The van der Waals surface area contributed by atoms with Gasteiger partial charge in [0.25, 0.3) is 0 Å². The smallest absolute Gasteiger partial charge is 0.424 e. The van der Waals surface area contributed by atoms with Crippen molar-refractivity contribution in [2.24, 2.45) is 5.73 Å². The molecule has 1 aromatic heterocycles. The summed E-state index contributed by atoms with van der Waals surface area (Å²) in [5.74, 6) is -0.563. The molecule has 3 N–H and O–H groups in total. The van der Waals surface area contributed by atoms with Crippen molar-refractivity contribution in [3.05, 3.63) is 46.9 Å². The van der Waals surface area contributed by atoms with Crippen molar-refractivity contribution in [1.82, 2.24) is 4.98 Å². The van der Waals surface area contributed by atoms with Gasteiger partial charge in [-0.05, 0) is 30.3 Å². The number of rotatable bonds is 4. The van der Waals surface area contributed by atoms with Crippen LogP contribution >= 0.6 is 11.6 Å². The minimum absolute atomic E-state index is 0.0342. The van der Waals surface area contributed by atoms with Gasteiger partial charge in [-0.2, -0.15) is 13.2 Å². The van der Waals surface area contributed by atoms with Gasteiger partial charge in [0.05, 0.1) is 17.8 Å². The Balaban J connectivity index is 2.66. The summed E-state index contributed by atoms with van der Waals surface area (Å²) in [6.45, 7) is -1.11.